The highest BCUT2D eigenvalue weighted by atomic mass is 16.2. The molecule has 1 saturated carbocycles. The lowest BCUT2D eigenvalue weighted by Gasteiger charge is -2.29. The smallest absolute Gasteiger partial charge is 0.312 e. The molecule has 13 heavy (non-hydrogen) atoms. The van der Waals surface area contributed by atoms with Gasteiger partial charge in [0.2, 0.25) is 0 Å². The molecule has 1 aliphatic rings. The van der Waals surface area contributed by atoms with Gasteiger partial charge in [0.25, 0.3) is 0 Å². The van der Waals surface area contributed by atoms with Gasteiger partial charge >= 0.3 is 6.03 Å². The van der Waals surface area contributed by atoms with Crippen LogP contribution in [0.25, 0.3) is 0 Å². The average molecular weight is 185 g/mol. The van der Waals surface area contributed by atoms with Crippen molar-refractivity contribution in [2.45, 2.75) is 38.1 Å². The maximum absolute atomic E-state index is 10.7. The van der Waals surface area contributed by atoms with Gasteiger partial charge in [-0.15, -0.1) is 0 Å². The number of hydrogen-bond donors (Lipinski definition) is 3. The molecule has 0 aromatic heterocycles. The molecule has 5 N–H and O–H groups in total. The van der Waals surface area contributed by atoms with Crippen LogP contribution in [0, 0.1) is 5.92 Å². The maximum atomic E-state index is 10.7. The summed E-state index contributed by atoms with van der Waals surface area (Å²) in [7, 11) is 0. The van der Waals surface area contributed by atoms with Crippen molar-refractivity contribution in [3.05, 3.63) is 0 Å². The second-order valence-corrected chi connectivity index (χ2v) is 3.75. The zero-order chi connectivity index (χ0) is 9.68. The lowest BCUT2D eigenvalue weighted by atomic mass is 9.84. The van der Waals surface area contributed by atoms with Gasteiger partial charge in [0.15, 0.2) is 0 Å². The number of urea groups is 1. The molecule has 1 atom stereocenters. The summed E-state index contributed by atoms with van der Waals surface area (Å²) in [6, 6.07) is -0.376. The van der Waals surface area contributed by atoms with E-state index >= 15 is 0 Å². The molecule has 0 saturated heterocycles. The highest BCUT2D eigenvalue weighted by Gasteiger charge is 2.22. The fourth-order valence-corrected chi connectivity index (χ4v) is 2.09. The summed E-state index contributed by atoms with van der Waals surface area (Å²) in [5.41, 5.74) is 10.7. The largest absolute Gasteiger partial charge is 0.352 e. The van der Waals surface area contributed by atoms with Gasteiger partial charge in [0.1, 0.15) is 0 Å². The Morgan fingerprint density at radius 2 is 2.00 bits per heavy atom. The molecule has 1 unspecified atom stereocenters. The highest BCUT2D eigenvalue weighted by Crippen LogP contribution is 2.25. The molecule has 0 aromatic rings. The van der Waals surface area contributed by atoms with Gasteiger partial charge < -0.3 is 16.8 Å². The first kappa shape index (κ1) is 10.3. The van der Waals surface area contributed by atoms with Crippen molar-refractivity contribution in [2.24, 2.45) is 17.4 Å². The molecule has 1 fully saturated rings. The molecule has 0 aromatic carbocycles. The van der Waals surface area contributed by atoms with E-state index in [1.165, 1.54) is 32.1 Å². The van der Waals surface area contributed by atoms with Crippen LogP contribution in [0.4, 0.5) is 4.79 Å². The van der Waals surface area contributed by atoms with Crippen LogP contribution in [0.2, 0.25) is 0 Å². The van der Waals surface area contributed by atoms with Crippen LogP contribution in [0.5, 0.6) is 0 Å². The lowest BCUT2D eigenvalue weighted by Crippen LogP contribution is -2.47. The number of nitrogens with one attached hydrogen (secondary N) is 1. The number of nitrogens with two attached hydrogens (primary N) is 2. The van der Waals surface area contributed by atoms with E-state index in [1.807, 2.05) is 0 Å². The molecule has 1 rings (SSSR count). The monoisotopic (exact) mass is 185 g/mol. The predicted molar refractivity (Wildman–Crippen MR) is 52.1 cm³/mol. The minimum atomic E-state index is -0.457. The Hall–Kier alpha value is -0.770. The fourth-order valence-electron chi connectivity index (χ4n) is 2.09. The first-order valence-corrected chi connectivity index (χ1v) is 5.00. The minimum Gasteiger partial charge on any atom is -0.352 e. The Balaban J connectivity index is 2.39. The SMILES string of the molecule is NCC(NC(N)=O)C1CCCCC1. The van der Waals surface area contributed by atoms with Crippen LogP contribution in [0.1, 0.15) is 32.1 Å². The average Bonchev–Trinajstić information content (AvgIpc) is 2.15. The summed E-state index contributed by atoms with van der Waals surface area (Å²) in [5.74, 6) is 0.534. The molecule has 76 valence electrons. The quantitative estimate of drug-likeness (QED) is 0.600. The summed E-state index contributed by atoms with van der Waals surface area (Å²) < 4.78 is 0. The topological polar surface area (TPSA) is 81.1 Å². The van der Waals surface area contributed by atoms with Crippen molar-refractivity contribution in [1.29, 1.82) is 0 Å². The van der Waals surface area contributed by atoms with Crippen LogP contribution in [0.15, 0.2) is 0 Å². The molecule has 0 bridgehead atoms. The summed E-state index contributed by atoms with van der Waals surface area (Å²) in [6.45, 7) is 0.494. The minimum absolute atomic E-state index is 0.0813. The molecule has 4 heteroatoms. The van der Waals surface area contributed by atoms with Gasteiger partial charge in [-0.25, -0.2) is 4.79 Å². The third kappa shape index (κ3) is 3.22. The van der Waals surface area contributed by atoms with Crippen molar-refractivity contribution < 1.29 is 4.79 Å². The molecular weight excluding hydrogens is 166 g/mol. The van der Waals surface area contributed by atoms with E-state index < -0.39 is 6.03 Å². The number of hydrogen-bond acceptors (Lipinski definition) is 2. The van der Waals surface area contributed by atoms with Gasteiger partial charge in [-0.1, -0.05) is 19.3 Å². The first-order valence-electron chi connectivity index (χ1n) is 5.00. The molecule has 2 amide bonds. The molecule has 0 heterocycles. The van der Waals surface area contributed by atoms with Crippen LogP contribution in [-0.2, 0) is 0 Å². The number of carbonyl (C=O) groups is 1. The number of primary amides is 1. The first-order chi connectivity index (χ1) is 6.24. The standard InChI is InChI=1S/C9H19N3O/c10-6-8(12-9(11)13)7-4-2-1-3-5-7/h7-8H,1-6,10H2,(H3,11,12,13). The summed E-state index contributed by atoms with van der Waals surface area (Å²) in [6.07, 6.45) is 6.15. The Labute approximate surface area is 79.0 Å². The zero-order valence-corrected chi connectivity index (χ0v) is 7.96. The Kier molecular flexibility index (Phi) is 4.02. The van der Waals surface area contributed by atoms with Gasteiger partial charge in [-0.05, 0) is 18.8 Å². The highest BCUT2D eigenvalue weighted by molar-refractivity contribution is 5.72. The van der Waals surface area contributed by atoms with Crippen LogP contribution in [-0.4, -0.2) is 18.6 Å². The fraction of sp³-hybridized carbons (Fsp3) is 0.889. The van der Waals surface area contributed by atoms with Crippen LogP contribution >= 0.6 is 0 Å². The molecular formula is C9H19N3O. The molecule has 0 radical (unpaired) electrons. The van der Waals surface area contributed by atoms with E-state index in [1.54, 1.807) is 0 Å². The van der Waals surface area contributed by atoms with Crippen molar-refractivity contribution in [3.63, 3.8) is 0 Å². The van der Waals surface area contributed by atoms with Crippen LogP contribution in [0.3, 0.4) is 0 Å². The Morgan fingerprint density at radius 3 is 2.46 bits per heavy atom. The van der Waals surface area contributed by atoms with Crippen LogP contribution < -0.4 is 16.8 Å². The summed E-state index contributed by atoms with van der Waals surface area (Å²) in [5, 5.41) is 2.71. The van der Waals surface area contributed by atoms with Crippen molar-refractivity contribution >= 4 is 6.03 Å². The second kappa shape index (κ2) is 5.07. The van der Waals surface area contributed by atoms with Crippen molar-refractivity contribution in [3.8, 4) is 0 Å². The van der Waals surface area contributed by atoms with Gasteiger partial charge in [0, 0.05) is 12.6 Å². The van der Waals surface area contributed by atoms with E-state index in [4.69, 9.17) is 11.5 Å². The normalized spacial score (nSPS) is 21.0. The number of amides is 2. The third-order valence-corrected chi connectivity index (χ3v) is 2.80. The van der Waals surface area contributed by atoms with E-state index in [-0.39, 0.29) is 6.04 Å². The number of rotatable bonds is 3. The lowest BCUT2D eigenvalue weighted by molar-refractivity contribution is 0.230. The van der Waals surface area contributed by atoms with E-state index in [2.05, 4.69) is 5.32 Å². The van der Waals surface area contributed by atoms with E-state index in [0.717, 1.165) is 0 Å². The predicted octanol–water partition coefficient (Wildman–Crippen LogP) is 0.562. The zero-order valence-electron chi connectivity index (χ0n) is 7.96. The molecule has 0 aliphatic heterocycles. The summed E-state index contributed by atoms with van der Waals surface area (Å²) >= 11 is 0. The molecule has 0 spiro atoms. The van der Waals surface area contributed by atoms with Crippen molar-refractivity contribution in [1.82, 2.24) is 5.32 Å². The maximum Gasteiger partial charge on any atom is 0.312 e. The Bertz CT molecular complexity index is 166. The summed E-state index contributed by atoms with van der Waals surface area (Å²) in [4.78, 5) is 10.7. The van der Waals surface area contributed by atoms with Gasteiger partial charge in [-0.3, -0.25) is 0 Å². The molecule has 4 nitrogen and oxygen atoms in total. The van der Waals surface area contributed by atoms with E-state index in [9.17, 15) is 4.79 Å². The van der Waals surface area contributed by atoms with Gasteiger partial charge in [-0.2, -0.15) is 0 Å². The van der Waals surface area contributed by atoms with Gasteiger partial charge in [0.05, 0.1) is 0 Å². The van der Waals surface area contributed by atoms with Crippen molar-refractivity contribution in [2.75, 3.05) is 6.54 Å². The number of carbonyl (C=O) groups excluding carboxylic acids is 1. The van der Waals surface area contributed by atoms with E-state index in [0.29, 0.717) is 12.5 Å². The third-order valence-electron chi connectivity index (χ3n) is 2.80. The second-order valence-electron chi connectivity index (χ2n) is 3.75. The molecule has 1 aliphatic carbocycles. The Morgan fingerprint density at radius 1 is 1.38 bits per heavy atom.